The van der Waals surface area contributed by atoms with Gasteiger partial charge in [0.15, 0.2) is 0 Å². The molecule has 43 heavy (non-hydrogen) atoms. The van der Waals surface area contributed by atoms with Crippen LogP contribution in [0.4, 0.5) is 17.1 Å². The molecule has 0 fully saturated rings. The number of fused-ring (bicyclic) bond motifs is 8. The van der Waals surface area contributed by atoms with Crippen molar-refractivity contribution < 1.29 is 4.42 Å². The van der Waals surface area contributed by atoms with E-state index in [0.29, 0.717) is 0 Å². The van der Waals surface area contributed by atoms with Gasteiger partial charge >= 0.3 is 0 Å². The number of thiophene rings is 1. The van der Waals surface area contributed by atoms with Crippen LogP contribution in [0, 0.1) is 0 Å². The summed E-state index contributed by atoms with van der Waals surface area (Å²) < 4.78 is 8.99. The number of nitrogens with zero attached hydrogens (tertiary/aromatic N) is 1. The standard InChI is InChI=1S/C40H25NOS/c1-2-12-26(13-3-1)28-14-6-9-19-34(28)41(27-22-23-31-30-16-7-10-20-36(30)42-37(31)24-27)35-25-39-40(32-17-5-4-15-29(32)35)33-18-8-11-21-38(33)43-39/h1-25H. The van der Waals surface area contributed by atoms with Gasteiger partial charge < -0.3 is 9.32 Å². The molecule has 0 N–H and O–H groups in total. The van der Waals surface area contributed by atoms with Crippen LogP contribution >= 0.6 is 11.3 Å². The largest absolute Gasteiger partial charge is 0.456 e. The summed E-state index contributed by atoms with van der Waals surface area (Å²) in [4.78, 5) is 2.42. The molecule has 0 saturated carbocycles. The van der Waals surface area contributed by atoms with Crippen LogP contribution in [0.3, 0.4) is 0 Å². The van der Waals surface area contributed by atoms with E-state index in [2.05, 4.69) is 144 Å². The number of benzene rings is 7. The molecule has 2 heterocycles. The predicted octanol–water partition coefficient (Wildman–Crippen LogP) is 12.2. The van der Waals surface area contributed by atoms with E-state index in [1.54, 1.807) is 0 Å². The summed E-state index contributed by atoms with van der Waals surface area (Å²) >= 11 is 1.86. The molecule has 0 bridgehead atoms. The van der Waals surface area contributed by atoms with E-state index in [0.717, 1.165) is 39.0 Å². The zero-order valence-electron chi connectivity index (χ0n) is 23.2. The lowest BCUT2D eigenvalue weighted by Gasteiger charge is -2.29. The molecule has 9 aromatic rings. The lowest BCUT2D eigenvalue weighted by Crippen LogP contribution is -2.11. The maximum atomic E-state index is 6.40. The van der Waals surface area contributed by atoms with Crippen LogP contribution in [0.5, 0.6) is 0 Å². The van der Waals surface area contributed by atoms with Gasteiger partial charge in [0.1, 0.15) is 11.2 Å². The molecule has 3 heteroatoms. The van der Waals surface area contributed by atoms with Crippen molar-refractivity contribution in [3.63, 3.8) is 0 Å². The molecule has 202 valence electrons. The lowest BCUT2D eigenvalue weighted by atomic mass is 9.98. The topological polar surface area (TPSA) is 16.4 Å². The number of anilines is 3. The van der Waals surface area contributed by atoms with Crippen LogP contribution in [0.25, 0.3) is 64.0 Å². The van der Waals surface area contributed by atoms with E-state index in [1.165, 1.54) is 42.1 Å². The van der Waals surface area contributed by atoms with Gasteiger partial charge in [0.05, 0.1) is 11.4 Å². The van der Waals surface area contributed by atoms with Gasteiger partial charge in [-0.05, 0) is 47.3 Å². The summed E-state index contributed by atoms with van der Waals surface area (Å²) in [6.07, 6.45) is 0. The molecule has 0 radical (unpaired) electrons. The van der Waals surface area contributed by atoms with Crippen molar-refractivity contribution in [2.24, 2.45) is 0 Å². The van der Waals surface area contributed by atoms with Gasteiger partial charge in [-0.3, -0.25) is 0 Å². The second-order valence-corrected chi connectivity index (χ2v) is 12.0. The van der Waals surface area contributed by atoms with Crippen LogP contribution in [0.15, 0.2) is 156 Å². The van der Waals surface area contributed by atoms with E-state index < -0.39 is 0 Å². The Labute approximate surface area is 252 Å². The molecule has 0 amide bonds. The molecule has 0 atom stereocenters. The molecule has 0 saturated heterocycles. The normalized spacial score (nSPS) is 11.7. The molecular weight excluding hydrogens is 543 g/mol. The van der Waals surface area contributed by atoms with Crippen LogP contribution in [0.2, 0.25) is 0 Å². The number of hydrogen-bond donors (Lipinski definition) is 0. The van der Waals surface area contributed by atoms with E-state index in [1.807, 2.05) is 23.5 Å². The Balaban J connectivity index is 1.39. The highest BCUT2D eigenvalue weighted by Gasteiger charge is 2.22. The molecule has 0 spiro atoms. The molecule has 0 aliphatic carbocycles. The zero-order valence-corrected chi connectivity index (χ0v) is 24.0. The summed E-state index contributed by atoms with van der Waals surface area (Å²) in [5.41, 5.74) is 7.47. The lowest BCUT2D eigenvalue weighted by molar-refractivity contribution is 0.669. The van der Waals surface area contributed by atoms with Gasteiger partial charge in [0, 0.05) is 53.6 Å². The number of hydrogen-bond acceptors (Lipinski definition) is 3. The van der Waals surface area contributed by atoms with Crippen molar-refractivity contribution in [3.05, 3.63) is 152 Å². The quantitative estimate of drug-likeness (QED) is 0.210. The van der Waals surface area contributed by atoms with Crippen LogP contribution < -0.4 is 4.90 Å². The van der Waals surface area contributed by atoms with Gasteiger partial charge in [0.25, 0.3) is 0 Å². The molecule has 9 rings (SSSR count). The molecular formula is C40H25NOS. The van der Waals surface area contributed by atoms with Gasteiger partial charge in [-0.25, -0.2) is 0 Å². The van der Waals surface area contributed by atoms with Crippen molar-refractivity contribution in [3.8, 4) is 11.1 Å². The summed E-state index contributed by atoms with van der Waals surface area (Å²) in [6.45, 7) is 0. The fourth-order valence-electron chi connectivity index (χ4n) is 6.55. The molecule has 0 aliphatic rings. The van der Waals surface area contributed by atoms with Crippen molar-refractivity contribution >= 4 is 81.3 Å². The summed E-state index contributed by atoms with van der Waals surface area (Å²) in [6, 6.07) is 54.2. The highest BCUT2D eigenvalue weighted by atomic mass is 32.1. The number of furan rings is 1. The minimum absolute atomic E-state index is 0.883. The molecule has 2 nitrogen and oxygen atoms in total. The van der Waals surface area contributed by atoms with Gasteiger partial charge in [-0.2, -0.15) is 0 Å². The summed E-state index contributed by atoms with van der Waals surface area (Å²) in [5.74, 6) is 0. The average molecular weight is 568 g/mol. The Kier molecular flexibility index (Phi) is 5.40. The van der Waals surface area contributed by atoms with Crippen molar-refractivity contribution in [2.45, 2.75) is 0 Å². The fourth-order valence-corrected chi connectivity index (χ4v) is 7.70. The minimum Gasteiger partial charge on any atom is -0.456 e. The van der Waals surface area contributed by atoms with E-state index in [-0.39, 0.29) is 0 Å². The van der Waals surface area contributed by atoms with Crippen LogP contribution in [-0.2, 0) is 0 Å². The van der Waals surface area contributed by atoms with Crippen molar-refractivity contribution in [1.82, 2.24) is 0 Å². The van der Waals surface area contributed by atoms with Crippen molar-refractivity contribution in [1.29, 1.82) is 0 Å². The van der Waals surface area contributed by atoms with E-state index in [9.17, 15) is 0 Å². The first-order valence-electron chi connectivity index (χ1n) is 14.5. The zero-order chi connectivity index (χ0) is 28.3. The Bertz CT molecular complexity index is 2470. The van der Waals surface area contributed by atoms with E-state index in [4.69, 9.17) is 4.42 Å². The first-order chi connectivity index (χ1) is 21.3. The van der Waals surface area contributed by atoms with Gasteiger partial charge in [-0.1, -0.05) is 109 Å². The minimum atomic E-state index is 0.883. The highest BCUT2D eigenvalue weighted by molar-refractivity contribution is 7.26. The van der Waals surface area contributed by atoms with Gasteiger partial charge in [0.2, 0.25) is 0 Å². The third-order valence-corrected chi connectivity index (χ3v) is 9.57. The second kappa shape index (κ2) is 9.59. The molecule has 0 aliphatic heterocycles. The highest BCUT2D eigenvalue weighted by Crippen LogP contribution is 2.48. The Hall–Kier alpha value is -5.38. The Morgan fingerprint density at radius 2 is 1.12 bits per heavy atom. The monoisotopic (exact) mass is 567 g/mol. The summed E-state index contributed by atoms with van der Waals surface area (Å²) in [5, 5.41) is 7.37. The Morgan fingerprint density at radius 3 is 2.00 bits per heavy atom. The number of rotatable bonds is 4. The number of para-hydroxylation sites is 2. The second-order valence-electron chi connectivity index (χ2n) is 10.9. The van der Waals surface area contributed by atoms with E-state index >= 15 is 0 Å². The predicted molar refractivity (Wildman–Crippen MR) is 184 cm³/mol. The van der Waals surface area contributed by atoms with Crippen molar-refractivity contribution in [2.75, 3.05) is 4.90 Å². The van der Waals surface area contributed by atoms with Crippen LogP contribution in [-0.4, -0.2) is 0 Å². The van der Waals surface area contributed by atoms with Gasteiger partial charge in [-0.15, -0.1) is 11.3 Å². The maximum absolute atomic E-state index is 6.40. The molecule has 7 aromatic carbocycles. The first-order valence-corrected chi connectivity index (χ1v) is 15.3. The average Bonchev–Trinajstić information content (AvgIpc) is 3.63. The molecule has 0 unspecified atom stereocenters. The van der Waals surface area contributed by atoms with Crippen LogP contribution in [0.1, 0.15) is 0 Å². The smallest absolute Gasteiger partial charge is 0.137 e. The first kappa shape index (κ1) is 24.2. The molecule has 2 aromatic heterocycles. The SMILES string of the molecule is c1ccc(-c2ccccc2N(c2ccc3c(c2)oc2ccccc23)c2cc3sc4ccccc4c3c3ccccc23)cc1. The third-order valence-electron chi connectivity index (χ3n) is 8.45. The summed E-state index contributed by atoms with van der Waals surface area (Å²) in [7, 11) is 0. The third kappa shape index (κ3) is 3.79. The fraction of sp³-hybridized carbons (Fsp3) is 0. The Morgan fingerprint density at radius 1 is 0.442 bits per heavy atom. The maximum Gasteiger partial charge on any atom is 0.137 e.